The van der Waals surface area contributed by atoms with Gasteiger partial charge in [0.1, 0.15) is 0 Å². The smallest absolute Gasteiger partial charge is 0.276 e. The van der Waals surface area contributed by atoms with E-state index in [2.05, 4.69) is 27.1 Å². The Bertz CT molecular complexity index is 939. The molecule has 3 aromatic rings. The van der Waals surface area contributed by atoms with Crippen LogP contribution in [0.1, 0.15) is 0 Å². The number of aromatic nitrogens is 3. The van der Waals surface area contributed by atoms with Crippen molar-refractivity contribution in [3.05, 3.63) is 67.0 Å². The largest absolute Gasteiger partial charge is 1.00 e. The first-order valence-electron chi connectivity index (χ1n) is 7.93. The number of hydrogen-bond acceptors (Lipinski definition) is 0. The molecular formula is C15H14ClF12N3P2. The summed E-state index contributed by atoms with van der Waals surface area (Å²) in [6.07, 6.45) is 3.84. The Balaban J connectivity index is 0.000000574. The van der Waals surface area contributed by atoms with E-state index in [1.54, 1.807) is 0 Å². The van der Waals surface area contributed by atoms with Crippen LogP contribution in [0.15, 0.2) is 67.0 Å². The van der Waals surface area contributed by atoms with E-state index in [0.29, 0.717) is 0 Å². The van der Waals surface area contributed by atoms with Gasteiger partial charge in [0.25, 0.3) is 22.8 Å². The summed E-state index contributed by atoms with van der Waals surface area (Å²) in [5.41, 5.74) is 4.25. The maximum atomic E-state index is 9.87. The van der Waals surface area contributed by atoms with Crippen LogP contribution in [0.5, 0.6) is 0 Å². The molecule has 0 amide bonds. The molecule has 3 nitrogen and oxygen atoms in total. The molecule has 0 bridgehead atoms. The van der Waals surface area contributed by atoms with Crippen molar-refractivity contribution >= 4 is 15.6 Å². The van der Waals surface area contributed by atoms with Gasteiger partial charge in [0.2, 0.25) is 0 Å². The van der Waals surface area contributed by atoms with E-state index in [1.807, 2.05) is 54.9 Å². The molecule has 0 saturated heterocycles. The van der Waals surface area contributed by atoms with E-state index in [9.17, 15) is 50.4 Å². The van der Waals surface area contributed by atoms with Crippen molar-refractivity contribution in [2.45, 2.75) is 0 Å². The van der Waals surface area contributed by atoms with Crippen LogP contribution in [-0.2, 0) is 0 Å². The van der Waals surface area contributed by atoms with Gasteiger partial charge in [-0.3, -0.25) is 0 Å². The average molecular weight is 562 g/mol. The van der Waals surface area contributed by atoms with Crippen LogP contribution in [0.25, 0.3) is 22.8 Å². The molecule has 0 saturated carbocycles. The molecule has 0 atom stereocenters. The fourth-order valence-electron chi connectivity index (χ4n) is 1.90. The van der Waals surface area contributed by atoms with E-state index in [1.165, 1.54) is 0 Å². The maximum Gasteiger partial charge on any atom is 0.276 e. The third-order valence-electron chi connectivity index (χ3n) is 2.79. The van der Waals surface area contributed by atoms with E-state index in [0.717, 1.165) is 22.8 Å². The Morgan fingerprint density at radius 3 is 0.939 bits per heavy atom. The summed E-state index contributed by atoms with van der Waals surface area (Å²) in [5.74, 6) is 0. The van der Waals surface area contributed by atoms with Gasteiger partial charge in [0.15, 0.2) is 12.4 Å². The molecule has 33 heavy (non-hydrogen) atoms. The summed E-state index contributed by atoms with van der Waals surface area (Å²) in [6, 6.07) is 18.2. The number of halogens is 13. The summed E-state index contributed by atoms with van der Waals surface area (Å²) in [7, 11) is -21.3. The monoisotopic (exact) mass is 561 g/mol. The van der Waals surface area contributed by atoms with E-state index < -0.39 is 15.6 Å². The van der Waals surface area contributed by atoms with Crippen molar-refractivity contribution in [3.8, 4) is 22.8 Å². The molecule has 190 valence electrons. The summed E-state index contributed by atoms with van der Waals surface area (Å²) in [5, 5.41) is 0. The van der Waals surface area contributed by atoms with Crippen molar-refractivity contribution in [2.75, 3.05) is 0 Å². The molecule has 0 fully saturated rings. The Hall–Kier alpha value is -2.24. The number of H-pyrrole nitrogens is 3. The molecule has 3 N–H and O–H groups in total. The minimum absolute atomic E-state index is 0. The van der Waals surface area contributed by atoms with Gasteiger partial charge in [-0.25, -0.2) is 9.97 Å². The molecule has 0 radical (unpaired) electrons. The number of rotatable bonds is 2. The van der Waals surface area contributed by atoms with Gasteiger partial charge in [0.05, 0.1) is 0 Å². The Kier molecular flexibility index (Phi) is 7.94. The Morgan fingerprint density at radius 2 is 0.697 bits per heavy atom. The van der Waals surface area contributed by atoms with Crippen LogP contribution in [0.3, 0.4) is 0 Å². The van der Waals surface area contributed by atoms with Crippen molar-refractivity contribution in [1.82, 2.24) is 0 Å². The van der Waals surface area contributed by atoms with Crippen LogP contribution in [-0.4, -0.2) is 0 Å². The summed E-state index contributed by atoms with van der Waals surface area (Å²) in [6.45, 7) is 0. The molecule has 0 aromatic carbocycles. The normalized spacial score (nSPS) is 15.4. The summed E-state index contributed by atoms with van der Waals surface area (Å²) >= 11 is 0. The summed E-state index contributed by atoms with van der Waals surface area (Å²) in [4.78, 5) is 9.86. The van der Waals surface area contributed by atoms with Gasteiger partial charge >= 0.3 is 66.0 Å². The maximum absolute atomic E-state index is 10.7. The first-order valence-corrected chi connectivity index (χ1v) is 12.0. The van der Waals surface area contributed by atoms with Crippen molar-refractivity contribution in [1.29, 1.82) is 0 Å². The second-order valence-corrected chi connectivity index (χ2v) is 9.78. The number of pyridine rings is 3. The minimum Gasteiger partial charge on any atom is -1.00 e. The van der Waals surface area contributed by atoms with Crippen LogP contribution < -0.4 is 27.4 Å². The van der Waals surface area contributed by atoms with Gasteiger partial charge in [-0.1, -0.05) is 0 Å². The first-order chi connectivity index (χ1) is 13.8. The Labute approximate surface area is 183 Å². The third-order valence-corrected chi connectivity index (χ3v) is 2.79. The van der Waals surface area contributed by atoms with E-state index in [4.69, 9.17) is 0 Å². The first kappa shape index (κ1) is 30.8. The quantitative estimate of drug-likeness (QED) is 0.304. The molecule has 0 aliphatic heterocycles. The van der Waals surface area contributed by atoms with Gasteiger partial charge < -0.3 is 12.4 Å². The van der Waals surface area contributed by atoms with E-state index in [-0.39, 0.29) is 12.4 Å². The predicted octanol–water partition coefficient (Wildman–Crippen LogP) is 5.23. The van der Waals surface area contributed by atoms with E-state index >= 15 is 0 Å². The fraction of sp³-hybridized carbons (Fsp3) is 0. The number of nitrogens with one attached hydrogen (secondary N) is 3. The predicted molar refractivity (Wildman–Crippen MR) is 94.1 cm³/mol. The van der Waals surface area contributed by atoms with Crippen LogP contribution in [0.2, 0.25) is 0 Å². The SMILES string of the molecule is F[P-](F)(F)(F)(F)F.F[P-](F)(F)(F)(F)F.[Cl-].c1ccc(-c2cccc(-c3cccc[nH+]3)[nH+]2)[nH+]c1. The Morgan fingerprint density at radius 1 is 0.424 bits per heavy atom. The van der Waals surface area contributed by atoms with Gasteiger partial charge in [-0.15, -0.1) is 0 Å². The molecule has 0 spiro atoms. The zero-order valence-corrected chi connectivity index (χ0v) is 18.2. The molecule has 3 heterocycles. The van der Waals surface area contributed by atoms with Crippen molar-refractivity contribution in [3.63, 3.8) is 0 Å². The van der Waals surface area contributed by atoms with Crippen LogP contribution >= 0.6 is 15.6 Å². The zero-order valence-electron chi connectivity index (χ0n) is 15.7. The second-order valence-electron chi connectivity index (χ2n) is 5.95. The van der Waals surface area contributed by atoms with Gasteiger partial charge in [-0.05, 0) is 18.2 Å². The van der Waals surface area contributed by atoms with Crippen molar-refractivity contribution < 1.29 is 77.7 Å². The fourth-order valence-corrected chi connectivity index (χ4v) is 1.90. The number of hydrogen-bond donors (Lipinski definition) is 0. The van der Waals surface area contributed by atoms with Crippen molar-refractivity contribution in [2.24, 2.45) is 0 Å². The number of aromatic amines is 3. The zero-order chi connectivity index (χ0) is 25.0. The minimum atomic E-state index is -10.7. The standard InChI is InChI=1S/C15H11N3.ClH.2F6P/c1-3-10-16-12(6-1)14-8-5-9-15(18-14)13-7-2-4-11-17-13;;2*1-7(2,3,4,5)6/h1-11H;1H;;/q;;2*-1/p+2. The molecular weight excluding hydrogens is 548 g/mol. The molecule has 0 aliphatic carbocycles. The molecule has 3 rings (SSSR count). The topological polar surface area (TPSA) is 42.4 Å². The van der Waals surface area contributed by atoms with Crippen LogP contribution in [0, 0.1) is 0 Å². The van der Waals surface area contributed by atoms with Gasteiger partial charge in [-0.2, -0.15) is 4.98 Å². The average Bonchev–Trinajstić information content (AvgIpc) is 2.58. The molecule has 3 aromatic heterocycles. The molecule has 0 aliphatic rings. The van der Waals surface area contributed by atoms with Crippen LogP contribution in [0.4, 0.5) is 50.4 Å². The molecule has 0 unspecified atom stereocenters. The van der Waals surface area contributed by atoms with Gasteiger partial charge in [0, 0.05) is 36.4 Å². The third kappa shape index (κ3) is 22.7. The second kappa shape index (κ2) is 8.52. The summed E-state index contributed by atoms with van der Waals surface area (Å²) < 4.78 is 118. The molecule has 18 heteroatoms.